The summed E-state index contributed by atoms with van der Waals surface area (Å²) in [5.74, 6) is 1.15. The zero-order valence-corrected chi connectivity index (χ0v) is 12.9. The lowest BCUT2D eigenvalue weighted by Crippen LogP contribution is -2.24. The number of carbonyl (C=O) groups excluding carboxylic acids is 1. The van der Waals surface area contributed by atoms with Crippen LogP contribution in [-0.4, -0.2) is 18.6 Å². The van der Waals surface area contributed by atoms with Gasteiger partial charge in [0.25, 0.3) is 0 Å². The van der Waals surface area contributed by atoms with Gasteiger partial charge in [-0.05, 0) is 43.6 Å². The van der Waals surface area contributed by atoms with Crippen molar-refractivity contribution in [3.8, 4) is 5.75 Å². The number of nitrogens with one attached hydrogen (secondary N) is 1. The number of amides is 1. The van der Waals surface area contributed by atoms with Crippen molar-refractivity contribution in [3.63, 3.8) is 0 Å². The third-order valence-corrected chi connectivity index (χ3v) is 4.00. The molecule has 2 aromatic rings. The molecule has 1 fully saturated rings. The van der Waals surface area contributed by atoms with Gasteiger partial charge in [0.2, 0.25) is 5.91 Å². The van der Waals surface area contributed by atoms with Crippen LogP contribution in [0, 0.1) is 0 Å². The van der Waals surface area contributed by atoms with Crippen molar-refractivity contribution >= 4 is 16.7 Å². The highest BCUT2D eigenvalue weighted by Crippen LogP contribution is 2.25. The second kappa shape index (κ2) is 7.30. The number of fused-ring (bicyclic) bond motifs is 1. The highest BCUT2D eigenvalue weighted by molar-refractivity contribution is 5.88. The molecule has 0 unspecified atom stereocenters. The highest BCUT2D eigenvalue weighted by Gasteiger charge is 2.22. The highest BCUT2D eigenvalue weighted by atomic mass is 16.5. The van der Waals surface area contributed by atoms with Crippen molar-refractivity contribution in [2.24, 2.45) is 0 Å². The van der Waals surface area contributed by atoms with Gasteiger partial charge in [-0.3, -0.25) is 4.79 Å². The van der Waals surface area contributed by atoms with Crippen molar-refractivity contribution in [3.05, 3.63) is 42.5 Å². The van der Waals surface area contributed by atoms with Crippen LogP contribution >= 0.6 is 0 Å². The van der Waals surface area contributed by atoms with Crippen molar-refractivity contribution in [1.82, 2.24) is 5.32 Å². The lowest BCUT2D eigenvalue weighted by Gasteiger charge is -2.09. The fraction of sp³-hybridized carbons (Fsp3) is 0.421. The normalized spacial score (nSPS) is 14.0. The molecule has 1 aliphatic rings. The second-order valence-corrected chi connectivity index (χ2v) is 5.98. The van der Waals surface area contributed by atoms with E-state index in [-0.39, 0.29) is 5.91 Å². The summed E-state index contributed by atoms with van der Waals surface area (Å²) in [4.78, 5) is 11.6. The molecule has 0 atom stereocenters. The van der Waals surface area contributed by atoms with E-state index in [0.29, 0.717) is 19.1 Å². The molecule has 3 heteroatoms. The minimum atomic E-state index is 0.206. The topological polar surface area (TPSA) is 38.3 Å². The molecule has 1 N–H and O–H groups in total. The summed E-state index contributed by atoms with van der Waals surface area (Å²) >= 11 is 0. The van der Waals surface area contributed by atoms with E-state index >= 15 is 0 Å². The molecule has 0 aliphatic heterocycles. The lowest BCUT2D eigenvalue weighted by atomic mass is 10.1. The molecule has 2 aromatic carbocycles. The average molecular weight is 297 g/mol. The number of ether oxygens (including phenoxy) is 1. The number of rotatable bonds is 8. The Kier molecular flexibility index (Phi) is 4.94. The molecule has 0 heterocycles. The summed E-state index contributed by atoms with van der Waals surface area (Å²) in [7, 11) is 0. The largest absolute Gasteiger partial charge is 0.493 e. The molecule has 0 radical (unpaired) electrons. The first kappa shape index (κ1) is 14.9. The van der Waals surface area contributed by atoms with Crippen LogP contribution in [0.2, 0.25) is 0 Å². The van der Waals surface area contributed by atoms with E-state index in [2.05, 4.69) is 23.5 Å². The number of unbranched alkanes of at least 4 members (excludes halogenated alkanes) is 2. The summed E-state index contributed by atoms with van der Waals surface area (Å²) in [6, 6.07) is 14.9. The Morgan fingerprint density at radius 3 is 2.73 bits per heavy atom. The molecule has 1 amide bonds. The number of carbonyl (C=O) groups is 1. The van der Waals surface area contributed by atoms with Gasteiger partial charge in [0.1, 0.15) is 5.75 Å². The van der Waals surface area contributed by atoms with Gasteiger partial charge in [0.15, 0.2) is 0 Å². The van der Waals surface area contributed by atoms with Crippen LogP contribution in [0.4, 0.5) is 0 Å². The molecule has 22 heavy (non-hydrogen) atoms. The molecule has 0 bridgehead atoms. The Bertz CT molecular complexity index is 629. The minimum Gasteiger partial charge on any atom is -0.493 e. The molecule has 1 aliphatic carbocycles. The van der Waals surface area contributed by atoms with E-state index in [1.165, 1.54) is 5.39 Å². The maximum atomic E-state index is 11.6. The predicted molar refractivity (Wildman–Crippen MR) is 89.1 cm³/mol. The van der Waals surface area contributed by atoms with Gasteiger partial charge in [-0.15, -0.1) is 0 Å². The van der Waals surface area contributed by atoms with Gasteiger partial charge in [-0.2, -0.15) is 0 Å². The molecule has 1 saturated carbocycles. The Hall–Kier alpha value is -2.03. The van der Waals surface area contributed by atoms with Crippen LogP contribution in [-0.2, 0) is 4.79 Å². The van der Waals surface area contributed by atoms with Gasteiger partial charge >= 0.3 is 0 Å². The fourth-order valence-corrected chi connectivity index (χ4v) is 2.60. The quantitative estimate of drug-likeness (QED) is 0.746. The monoisotopic (exact) mass is 297 g/mol. The number of benzene rings is 2. The summed E-state index contributed by atoms with van der Waals surface area (Å²) in [6.07, 6.45) is 5.92. The third-order valence-electron chi connectivity index (χ3n) is 4.00. The first-order valence-corrected chi connectivity index (χ1v) is 8.23. The number of hydrogen-bond donors (Lipinski definition) is 1. The Balaban J connectivity index is 1.36. The smallest absolute Gasteiger partial charge is 0.220 e. The molecule has 3 nitrogen and oxygen atoms in total. The standard InChI is InChI=1S/C19H23NO2/c21-19(20-16-12-13-16)11-2-1-5-14-22-18-10-6-8-15-7-3-4-9-17(15)18/h3-4,6-10,16H,1-2,5,11-14H2,(H,20,21). The first-order chi connectivity index (χ1) is 10.8. The summed E-state index contributed by atoms with van der Waals surface area (Å²) in [5, 5.41) is 5.39. The van der Waals surface area contributed by atoms with Crippen LogP contribution in [0.25, 0.3) is 10.8 Å². The van der Waals surface area contributed by atoms with E-state index in [4.69, 9.17) is 4.74 Å². The third kappa shape index (κ3) is 4.23. The minimum absolute atomic E-state index is 0.206. The Morgan fingerprint density at radius 2 is 1.86 bits per heavy atom. The van der Waals surface area contributed by atoms with Crippen LogP contribution in [0.5, 0.6) is 5.75 Å². The van der Waals surface area contributed by atoms with Gasteiger partial charge in [-0.25, -0.2) is 0 Å². The van der Waals surface area contributed by atoms with Crippen molar-refractivity contribution in [2.45, 2.75) is 44.6 Å². The molecule has 3 rings (SSSR count). The maximum absolute atomic E-state index is 11.6. The van der Waals surface area contributed by atoms with E-state index in [1.54, 1.807) is 0 Å². The Labute approximate surface area is 131 Å². The van der Waals surface area contributed by atoms with E-state index < -0.39 is 0 Å². The van der Waals surface area contributed by atoms with Gasteiger partial charge in [0.05, 0.1) is 6.61 Å². The zero-order chi connectivity index (χ0) is 15.2. The zero-order valence-electron chi connectivity index (χ0n) is 12.9. The SMILES string of the molecule is O=C(CCCCCOc1cccc2ccccc12)NC1CC1. The van der Waals surface area contributed by atoms with Crippen LogP contribution in [0.3, 0.4) is 0 Å². The molecule has 0 spiro atoms. The second-order valence-electron chi connectivity index (χ2n) is 5.98. The van der Waals surface area contributed by atoms with Crippen molar-refractivity contribution in [1.29, 1.82) is 0 Å². The van der Waals surface area contributed by atoms with Crippen LogP contribution < -0.4 is 10.1 Å². The number of hydrogen-bond acceptors (Lipinski definition) is 2. The van der Waals surface area contributed by atoms with Crippen LogP contribution in [0.15, 0.2) is 42.5 Å². The maximum Gasteiger partial charge on any atom is 0.220 e. The summed E-state index contributed by atoms with van der Waals surface area (Å²) in [5.41, 5.74) is 0. The molecule has 116 valence electrons. The summed E-state index contributed by atoms with van der Waals surface area (Å²) in [6.45, 7) is 0.707. The predicted octanol–water partition coefficient (Wildman–Crippen LogP) is 4.06. The van der Waals surface area contributed by atoms with E-state index in [1.807, 2.05) is 24.3 Å². The summed E-state index contributed by atoms with van der Waals surface area (Å²) < 4.78 is 5.90. The Morgan fingerprint density at radius 1 is 1.05 bits per heavy atom. The molecular weight excluding hydrogens is 274 g/mol. The van der Waals surface area contributed by atoms with Crippen molar-refractivity contribution in [2.75, 3.05) is 6.61 Å². The van der Waals surface area contributed by atoms with Gasteiger partial charge in [-0.1, -0.05) is 36.4 Å². The van der Waals surface area contributed by atoms with Gasteiger partial charge in [0, 0.05) is 17.8 Å². The van der Waals surface area contributed by atoms with Gasteiger partial charge < -0.3 is 10.1 Å². The first-order valence-electron chi connectivity index (χ1n) is 8.23. The molecule has 0 saturated heterocycles. The molecule has 0 aromatic heterocycles. The van der Waals surface area contributed by atoms with E-state index in [0.717, 1.165) is 43.2 Å². The fourth-order valence-electron chi connectivity index (χ4n) is 2.60. The molecular formula is C19H23NO2. The van der Waals surface area contributed by atoms with E-state index in [9.17, 15) is 4.79 Å². The van der Waals surface area contributed by atoms with Crippen molar-refractivity contribution < 1.29 is 9.53 Å². The van der Waals surface area contributed by atoms with Crippen LogP contribution in [0.1, 0.15) is 38.5 Å². The lowest BCUT2D eigenvalue weighted by molar-refractivity contribution is -0.121. The average Bonchev–Trinajstić information content (AvgIpc) is 3.34.